The van der Waals surface area contributed by atoms with Crippen molar-refractivity contribution in [3.8, 4) is 0 Å². The third-order valence-corrected chi connectivity index (χ3v) is 6.66. The van der Waals surface area contributed by atoms with Crippen LogP contribution < -0.4 is 0 Å². The molecule has 1 aromatic rings. The van der Waals surface area contributed by atoms with Crippen LogP contribution in [0.2, 0.25) is 0 Å². The molecule has 3 N–H and O–H groups in total. The van der Waals surface area contributed by atoms with E-state index in [2.05, 4.69) is 45.9 Å². The van der Waals surface area contributed by atoms with E-state index in [4.69, 9.17) is 0 Å². The molecule has 23 heavy (non-hydrogen) atoms. The topological polar surface area (TPSA) is 60.7 Å². The van der Waals surface area contributed by atoms with E-state index in [1.54, 1.807) is 0 Å². The van der Waals surface area contributed by atoms with Crippen LogP contribution in [0.25, 0.3) is 0 Å². The standard InChI is InChI=1S/C20H30O3/c1-12(2)13-5-7-15-14(9-13)6-8-17-19(3,11-21)10-16(22)18(23)20(15,17)4/h5,7,9,12,16-18,21-23H,6,8,10-11H2,1-4H3/t16-,17-,18-,19-,20+/m0/s1. The van der Waals surface area contributed by atoms with E-state index in [1.807, 2.05) is 0 Å². The molecule has 128 valence electrons. The summed E-state index contributed by atoms with van der Waals surface area (Å²) in [5, 5.41) is 31.3. The highest BCUT2D eigenvalue weighted by Gasteiger charge is 2.58. The lowest BCUT2D eigenvalue weighted by Gasteiger charge is -2.58. The molecule has 0 heterocycles. The van der Waals surface area contributed by atoms with Crippen LogP contribution in [0.5, 0.6) is 0 Å². The van der Waals surface area contributed by atoms with Crippen molar-refractivity contribution in [2.75, 3.05) is 6.61 Å². The first-order chi connectivity index (χ1) is 10.7. The lowest BCUT2D eigenvalue weighted by molar-refractivity contribution is -0.149. The lowest BCUT2D eigenvalue weighted by atomic mass is 9.48. The average Bonchev–Trinajstić information content (AvgIpc) is 2.52. The van der Waals surface area contributed by atoms with Crippen molar-refractivity contribution in [1.82, 2.24) is 0 Å². The quantitative estimate of drug-likeness (QED) is 0.786. The number of fused-ring (bicyclic) bond motifs is 3. The Labute approximate surface area is 139 Å². The van der Waals surface area contributed by atoms with Gasteiger partial charge in [0.2, 0.25) is 0 Å². The summed E-state index contributed by atoms with van der Waals surface area (Å²) < 4.78 is 0. The molecule has 0 spiro atoms. The first-order valence-corrected chi connectivity index (χ1v) is 8.84. The Balaban J connectivity index is 2.14. The monoisotopic (exact) mass is 318 g/mol. The summed E-state index contributed by atoms with van der Waals surface area (Å²) in [6.45, 7) is 8.56. The van der Waals surface area contributed by atoms with Gasteiger partial charge in [-0.3, -0.25) is 0 Å². The maximum atomic E-state index is 10.9. The molecular formula is C20H30O3. The minimum atomic E-state index is -0.788. The van der Waals surface area contributed by atoms with Crippen LogP contribution in [-0.2, 0) is 11.8 Å². The van der Waals surface area contributed by atoms with E-state index in [-0.39, 0.29) is 17.9 Å². The second-order valence-corrected chi connectivity index (χ2v) is 8.47. The van der Waals surface area contributed by atoms with E-state index in [0.717, 1.165) is 18.4 Å². The highest BCUT2D eigenvalue weighted by Crippen LogP contribution is 2.57. The second-order valence-electron chi connectivity index (χ2n) is 8.47. The van der Waals surface area contributed by atoms with Gasteiger partial charge in [-0.1, -0.05) is 45.9 Å². The molecule has 0 aliphatic heterocycles. The molecule has 1 fully saturated rings. The second kappa shape index (κ2) is 5.58. The Morgan fingerprint density at radius 3 is 2.52 bits per heavy atom. The van der Waals surface area contributed by atoms with E-state index in [1.165, 1.54) is 11.1 Å². The predicted molar refractivity (Wildman–Crippen MR) is 91.5 cm³/mol. The number of hydrogen-bond acceptors (Lipinski definition) is 3. The smallest absolute Gasteiger partial charge is 0.0895 e. The summed E-state index contributed by atoms with van der Waals surface area (Å²) >= 11 is 0. The Kier molecular flexibility index (Phi) is 4.11. The van der Waals surface area contributed by atoms with Crippen molar-refractivity contribution in [1.29, 1.82) is 0 Å². The van der Waals surface area contributed by atoms with Gasteiger partial charge in [-0.15, -0.1) is 0 Å². The van der Waals surface area contributed by atoms with Crippen LogP contribution in [0.1, 0.15) is 63.1 Å². The maximum Gasteiger partial charge on any atom is 0.0895 e. The molecular weight excluding hydrogens is 288 g/mol. The molecule has 1 aromatic carbocycles. The SMILES string of the molecule is CC(C)c1ccc2c(c1)CC[C@H]1[C@](C)(CO)C[C@H](O)[C@H](O)[C@]21C. The molecule has 0 bridgehead atoms. The van der Waals surface area contributed by atoms with Crippen molar-refractivity contribution in [3.63, 3.8) is 0 Å². The van der Waals surface area contributed by atoms with Crippen LogP contribution in [0, 0.1) is 11.3 Å². The zero-order valence-corrected chi connectivity index (χ0v) is 14.7. The van der Waals surface area contributed by atoms with Crippen molar-refractivity contribution < 1.29 is 15.3 Å². The third-order valence-electron chi connectivity index (χ3n) is 6.66. The molecule has 3 rings (SSSR count). The minimum absolute atomic E-state index is 0.0520. The normalized spacial score (nSPS) is 39.9. The first kappa shape index (κ1) is 16.9. The predicted octanol–water partition coefficient (Wildman–Crippen LogP) is 2.75. The number of hydrogen-bond donors (Lipinski definition) is 3. The van der Waals surface area contributed by atoms with Gasteiger partial charge in [0.05, 0.1) is 12.2 Å². The van der Waals surface area contributed by atoms with Crippen LogP contribution >= 0.6 is 0 Å². The molecule has 3 heteroatoms. The van der Waals surface area contributed by atoms with Gasteiger partial charge in [-0.2, -0.15) is 0 Å². The molecule has 2 aliphatic rings. The number of aliphatic hydroxyl groups excluding tert-OH is 3. The first-order valence-electron chi connectivity index (χ1n) is 8.84. The summed E-state index contributed by atoms with van der Waals surface area (Å²) in [7, 11) is 0. The fourth-order valence-electron chi connectivity index (χ4n) is 5.24. The Morgan fingerprint density at radius 1 is 1.22 bits per heavy atom. The number of rotatable bonds is 2. The summed E-state index contributed by atoms with van der Waals surface area (Å²) in [4.78, 5) is 0. The molecule has 2 aliphatic carbocycles. The molecule has 0 amide bonds. The Bertz CT molecular complexity index is 597. The zero-order valence-electron chi connectivity index (χ0n) is 14.7. The lowest BCUT2D eigenvalue weighted by Crippen LogP contribution is -2.62. The van der Waals surface area contributed by atoms with Gasteiger partial charge in [0.15, 0.2) is 0 Å². The maximum absolute atomic E-state index is 10.9. The van der Waals surface area contributed by atoms with Crippen molar-refractivity contribution in [3.05, 3.63) is 34.9 Å². The fourth-order valence-corrected chi connectivity index (χ4v) is 5.24. The summed E-state index contributed by atoms with van der Waals surface area (Å²) in [5.41, 5.74) is 2.93. The van der Waals surface area contributed by atoms with Gasteiger partial charge < -0.3 is 15.3 Å². The summed E-state index contributed by atoms with van der Waals surface area (Å²) in [5.74, 6) is 0.659. The number of benzene rings is 1. The molecule has 5 atom stereocenters. The van der Waals surface area contributed by atoms with E-state index in [9.17, 15) is 15.3 Å². The van der Waals surface area contributed by atoms with Crippen LogP contribution in [0.4, 0.5) is 0 Å². The highest BCUT2D eigenvalue weighted by molar-refractivity contribution is 5.43. The average molecular weight is 318 g/mol. The number of aliphatic hydroxyl groups is 3. The molecule has 0 aromatic heterocycles. The summed E-state index contributed by atoms with van der Waals surface area (Å²) in [6, 6.07) is 6.57. The molecule has 0 unspecified atom stereocenters. The number of aryl methyl sites for hydroxylation is 1. The van der Waals surface area contributed by atoms with Gasteiger partial charge in [-0.05, 0) is 53.2 Å². The van der Waals surface area contributed by atoms with Crippen molar-refractivity contribution in [2.24, 2.45) is 11.3 Å². The van der Waals surface area contributed by atoms with Crippen molar-refractivity contribution >= 4 is 0 Å². The Hall–Kier alpha value is -0.900. The molecule has 0 saturated heterocycles. The van der Waals surface area contributed by atoms with Gasteiger partial charge in [0.1, 0.15) is 0 Å². The van der Waals surface area contributed by atoms with E-state index in [0.29, 0.717) is 12.3 Å². The largest absolute Gasteiger partial charge is 0.396 e. The Morgan fingerprint density at radius 2 is 1.91 bits per heavy atom. The van der Waals surface area contributed by atoms with E-state index < -0.39 is 17.6 Å². The highest BCUT2D eigenvalue weighted by atomic mass is 16.3. The van der Waals surface area contributed by atoms with Gasteiger partial charge in [-0.25, -0.2) is 0 Å². The van der Waals surface area contributed by atoms with Crippen molar-refractivity contribution in [2.45, 2.75) is 70.5 Å². The van der Waals surface area contributed by atoms with Gasteiger partial charge >= 0.3 is 0 Å². The molecule has 3 nitrogen and oxygen atoms in total. The van der Waals surface area contributed by atoms with Gasteiger partial charge in [0.25, 0.3) is 0 Å². The molecule has 0 radical (unpaired) electrons. The van der Waals surface area contributed by atoms with Crippen LogP contribution in [0.3, 0.4) is 0 Å². The van der Waals surface area contributed by atoms with Gasteiger partial charge in [0, 0.05) is 12.0 Å². The van der Waals surface area contributed by atoms with Crippen LogP contribution in [0.15, 0.2) is 18.2 Å². The van der Waals surface area contributed by atoms with Crippen LogP contribution in [-0.4, -0.2) is 34.1 Å². The minimum Gasteiger partial charge on any atom is -0.396 e. The summed E-state index contributed by atoms with van der Waals surface area (Å²) in [6.07, 6.45) is 0.824. The zero-order chi connectivity index (χ0) is 17.0. The van der Waals surface area contributed by atoms with E-state index >= 15 is 0 Å². The third kappa shape index (κ3) is 2.36. The fraction of sp³-hybridized carbons (Fsp3) is 0.700. The molecule has 1 saturated carbocycles.